The molecule has 1 aromatic rings. The summed E-state index contributed by atoms with van der Waals surface area (Å²) in [6.45, 7) is -0.0446. The van der Waals surface area contributed by atoms with E-state index in [1.807, 2.05) is 30.3 Å². The van der Waals surface area contributed by atoms with Gasteiger partial charge in [-0.15, -0.1) is 0 Å². The maximum atomic E-state index is 8.67. The van der Waals surface area contributed by atoms with E-state index in [0.29, 0.717) is 5.02 Å². The molecule has 2 nitrogen and oxygen atoms in total. The first kappa shape index (κ1) is 10.3. The van der Waals surface area contributed by atoms with Crippen LogP contribution in [0.15, 0.2) is 30.3 Å². The van der Waals surface area contributed by atoms with E-state index in [9.17, 15) is 0 Å². The van der Waals surface area contributed by atoms with Crippen molar-refractivity contribution in [2.45, 2.75) is 6.04 Å². The van der Waals surface area contributed by atoms with Gasteiger partial charge in [0, 0.05) is 11.1 Å². The molecule has 1 atom stereocenters. The number of hydrogen-bond acceptors (Lipinski definition) is 2. The van der Waals surface area contributed by atoms with Gasteiger partial charge in [0.05, 0.1) is 6.61 Å². The zero-order valence-corrected chi connectivity index (χ0v) is 7.91. The second-order valence-corrected chi connectivity index (χ2v) is 3.20. The molecule has 70 valence electrons. The van der Waals surface area contributed by atoms with Crippen LogP contribution in [0, 0.1) is 0 Å². The maximum Gasteiger partial charge on any atom is 0.0618 e. The van der Waals surface area contributed by atoms with Crippen LogP contribution in [0.1, 0.15) is 5.56 Å². The Morgan fingerprint density at radius 2 is 2.31 bits per heavy atom. The lowest BCUT2D eigenvalue weighted by atomic mass is 10.2. The molecule has 3 heteroatoms. The number of benzene rings is 1. The van der Waals surface area contributed by atoms with Gasteiger partial charge in [-0.1, -0.05) is 35.9 Å². The Bertz CT molecular complexity index is 299. The molecule has 0 bridgehead atoms. The van der Waals surface area contributed by atoms with E-state index in [4.69, 9.17) is 22.4 Å². The minimum absolute atomic E-state index is 0.0446. The SMILES string of the molecule is N[C@@H](/C=C/c1cccc(Cl)c1)CO. The van der Waals surface area contributed by atoms with Crippen LogP contribution in [0.4, 0.5) is 0 Å². The average molecular weight is 198 g/mol. The molecule has 0 spiro atoms. The predicted octanol–water partition coefficient (Wildman–Crippen LogP) is 1.67. The highest BCUT2D eigenvalue weighted by molar-refractivity contribution is 6.30. The van der Waals surface area contributed by atoms with E-state index >= 15 is 0 Å². The van der Waals surface area contributed by atoms with Crippen LogP contribution in [0.2, 0.25) is 5.02 Å². The van der Waals surface area contributed by atoms with Crippen LogP contribution in [-0.4, -0.2) is 17.8 Å². The first-order valence-corrected chi connectivity index (χ1v) is 4.40. The molecule has 0 heterocycles. The standard InChI is InChI=1S/C10H12ClNO/c11-9-3-1-2-8(6-9)4-5-10(12)7-13/h1-6,10,13H,7,12H2/b5-4+/t10-/m0/s1. The van der Waals surface area contributed by atoms with E-state index < -0.39 is 0 Å². The van der Waals surface area contributed by atoms with E-state index in [0.717, 1.165) is 5.56 Å². The minimum Gasteiger partial charge on any atom is -0.394 e. The molecule has 0 unspecified atom stereocenters. The molecule has 1 aromatic carbocycles. The van der Waals surface area contributed by atoms with Gasteiger partial charge >= 0.3 is 0 Å². The summed E-state index contributed by atoms with van der Waals surface area (Å²) in [5.74, 6) is 0. The summed E-state index contributed by atoms with van der Waals surface area (Å²) >= 11 is 5.78. The Kier molecular flexibility index (Phi) is 3.96. The maximum absolute atomic E-state index is 8.67. The lowest BCUT2D eigenvalue weighted by molar-refractivity contribution is 0.284. The fourth-order valence-electron chi connectivity index (χ4n) is 0.906. The molecule has 0 aliphatic heterocycles. The number of hydrogen-bond donors (Lipinski definition) is 2. The molecule has 0 amide bonds. The zero-order valence-electron chi connectivity index (χ0n) is 7.15. The van der Waals surface area contributed by atoms with Crippen molar-refractivity contribution in [3.05, 3.63) is 40.9 Å². The first-order chi connectivity index (χ1) is 6.22. The topological polar surface area (TPSA) is 46.2 Å². The molecule has 0 radical (unpaired) electrons. The number of nitrogens with two attached hydrogens (primary N) is 1. The molecule has 13 heavy (non-hydrogen) atoms. The normalized spacial score (nSPS) is 13.5. The molecule has 1 rings (SSSR count). The Hall–Kier alpha value is -0.830. The summed E-state index contributed by atoms with van der Waals surface area (Å²) in [7, 11) is 0. The fraction of sp³-hybridized carbons (Fsp3) is 0.200. The van der Waals surface area contributed by atoms with Gasteiger partial charge in [-0.05, 0) is 17.7 Å². The molecule has 0 aromatic heterocycles. The van der Waals surface area contributed by atoms with E-state index in [-0.39, 0.29) is 12.6 Å². The third kappa shape index (κ3) is 3.59. The molecule has 0 saturated carbocycles. The molecule has 0 fully saturated rings. The highest BCUT2D eigenvalue weighted by atomic mass is 35.5. The third-order valence-corrected chi connectivity index (χ3v) is 1.83. The van der Waals surface area contributed by atoms with Gasteiger partial charge in [0.2, 0.25) is 0 Å². The minimum atomic E-state index is -0.306. The molecule has 0 aliphatic carbocycles. The summed E-state index contributed by atoms with van der Waals surface area (Å²) in [4.78, 5) is 0. The highest BCUT2D eigenvalue weighted by Crippen LogP contribution is 2.11. The quantitative estimate of drug-likeness (QED) is 0.775. The smallest absolute Gasteiger partial charge is 0.0618 e. The molecule has 3 N–H and O–H groups in total. The fourth-order valence-corrected chi connectivity index (χ4v) is 1.10. The Labute approximate surface area is 82.6 Å². The number of aliphatic hydroxyl groups excluding tert-OH is 1. The summed E-state index contributed by atoms with van der Waals surface area (Å²) in [6.07, 6.45) is 3.58. The second kappa shape index (κ2) is 5.02. The van der Waals surface area contributed by atoms with Crippen molar-refractivity contribution in [3.8, 4) is 0 Å². The monoisotopic (exact) mass is 197 g/mol. The third-order valence-electron chi connectivity index (χ3n) is 1.60. The molecular weight excluding hydrogens is 186 g/mol. The second-order valence-electron chi connectivity index (χ2n) is 2.76. The van der Waals surface area contributed by atoms with Gasteiger partial charge in [0.25, 0.3) is 0 Å². The summed E-state index contributed by atoms with van der Waals surface area (Å²) in [5.41, 5.74) is 6.47. The van der Waals surface area contributed by atoms with Crippen molar-refractivity contribution in [3.63, 3.8) is 0 Å². The van der Waals surface area contributed by atoms with Crippen LogP contribution in [0.3, 0.4) is 0 Å². The molecular formula is C10H12ClNO. The van der Waals surface area contributed by atoms with Gasteiger partial charge in [-0.25, -0.2) is 0 Å². The van der Waals surface area contributed by atoms with E-state index in [1.54, 1.807) is 6.08 Å². The van der Waals surface area contributed by atoms with Gasteiger partial charge in [-0.2, -0.15) is 0 Å². The Morgan fingerprint density at radius 3 is 2.92 bits per heavy atom. The van der Waals surface area contributed by atoms with Crippen molar-refractivity contribution < 1.29 is 5.11 Å². The van der Waals surface area contributed by atoms with Gasteiger partial charge in [0.15, 0.2) is 0 Å². The van der Waals surface area contributed by atoms with Crippen LogP contribution in [-0.2, 0) is 0 Å². The van der Waals surface area contributed by atoms with Gasteiger partial charge in [0.1, 0.15) is 0 Å². The summed E-state index contributed by atoms with van der Waals surface area (Å²) in [6, 6.07) is 7.13. The van der Waals surface area contributed by atoms with Crippen LogP contribution in [0.25, 0.3) is 6.08 Å². The van der Waals surface area contributed by atoms with Crippen molar-refractivity contribution in [2.24, 2.45) is 5.73 Å². The summed E-state index contributed by atoms with van der Waals surface area (Å²) in [5, 5.41) is 9.36. The lowest BCUT2D eigenvalue weighted by Crippen LogP contribution is -2.20. The zero-order chi connectivity index (χ0) is 9.68. The summed E-state index contributed by atoms with van der Waals surface area (Å²) < 4.78 is 0. The number of rotatable bonds is 3. The van der Waals surface area contributed by atoms with Crippen molar-refractivity contribution in [2.75, 3.05) is 6.61 Å². The molecule has 0 saturated heterocycles. The first-order valence-electron chi connectivity index (χ1n) is 4.02. The lowest BCUT2D eigenvalue weighted by Gasteiger charge is -1.99. The molecule has 0 aliphatic rings. The number of aliphatic hydroxyl groups is 1. The predicted molar refractivity (Wildman–Crippen MR) is 55.5 cm³/mol. The van der Waals surface area contributed by atoms with Crippen molar-refractivity contribution in [1.82, 2.24) is 0 Å². The van der Waals surface area contributed by atoms with E-state index in [1.165, 1.54) is 0 Å². The number of halogens is 1. The van der Waals surface area contributed by atoms with Crippen molar-refractivity contribution >= 4 is 17.7 Å². The van der Waals surface area contributed by atoms with Gasteiger partial charge in [-0.3, -0.25) is 0 Å². The average Bonchev–Trinajstić information content (AvgIpc) is 2.14. The Morgan fingerprint density at radius 1 is 1.54 bits per heavy atom. The van der Waals surface area contributed by atoms with Crippen LogP contribution in [0.5, 0.6) is 0 Å². The van der Waals surface area contributed by atoms with Gasteiger partial charge < -0.3 is 10.8 Å². The van der Waals surface area contributed by atoms with Crippen LogP contribution < -0.4 is 5.73 Å². The van der Waals surface area contributed by atoms with Crippen molar-refractivity contribution in [1.29, 1.82) is 0 Å². The largest absolute Gasteiger partial charge is 0.394 e. The highest BCUT2D eigenvalue weighted by Gasteiger charge is 1.93. The van der Waals surface area contributed by atoms with Crippen LogP contribution >= 0.6 is 11.6 Å². The Balaban J connectivity index is 2.68. The van der Waals surface area contributed by atoms with E-state index in [2.05, 4.69) is 0 Å².